The molecule has 4 heterocycles. The summed E-state index contributed by atoms with van der Waals surface area (Å²) in [5.74, 6) is -0.675. The largest absolute Gasteiger partial charge is 0.432 e. The first-order chi connectivity index (χ1) is 19.1. The number of aromatic nitrogens is 5. The molecule has 0 saturated heterocycles. The number of halogens is 1. The van der Waals surface area contributed by atoms with Gasteiger partial charge in [-0.2, -0.15) is 4.39 Å². The highest BCUT2D eigenvalue weighted by molar-refractivity contribution is 7.90. The lowest BCUT2D eigenvalue weighted by molar-refractivity contribution is 0.215. The van der Waals surface area contributed by atoms with E-state index in [-0.39, 0.29) is 38.7 Å². The molecule has 0 aliphatic rings. The van der Waals surface area contributed by atoms with E-state index in [1.807, 2.05) is 6.92 Å². The average molecular weight is 561 g/mol. The maximum absolute atomic E-state index is 15.5. The Morgan fingerprint density at radius 2 is 1.80 bits per heavy atom. The Kier molecular flexibility index (Phi) is 7.23. The van der Waals surface area contributed by atoms with Crippen molar-refractivity contribution < 1.29 is 22.9 Å². The molecule has 0 amide bonds. The number of aliphatic hydroxyl groups is 1. The third-order valence-electron chi connectivity index (χ3n) is 6.36. The van der Waals surface area contributed by atoms with Gasteiger partial charge in [0.1, 0.15) is 24.1 Å². The molecule has 204 valence electrons. The topological polar surface area (TPSA) is 146 Å². The lowest BCUT2D eigenvalue weighted by Crippen LogP contribution is -2.33. The first kappa shape index (κ1) is 27.2. The van der Waals surface area contributed by atoms with Crippen molar-refractivity contribution in [2.45, 2.75) is 24.7 Å². The van der Waals surface area contributed by atoms with E-state index in [1.165, 1.54) is 54.6 Å². The molecule has 40 heavy (non-hydrogen) atoms. The Morgan fingerprint density at radius 1 is 1.05 bits per heavy atom. The Bertz CT molecular complexity index is 1780. The van der Waals surface area contributed by atoms with Crippen LogP contribution in [-0.4, -0.2) is 56.6 Å². The summed E-state index contributed by atoms with van der Waals surface area (Å²) in [6.45, 7) is 3.32. The molecule has 0 aliphatic heterocycles. The van der Waals surface area contributed by atoms with Crippen molar-refractivity contribution in [3.8, 4) is 0 Å². The van der Waals surface area contributed by atoms with E-state index in [0.717, 1.165) is 9.67 Å². The minimum absolute atomic E-state index is 0.00870. The van der Waals surface area contributed by atoms with Crippen LogP contribution >= 0.6 is 0 Å². The van der Waals surface area contributed by atoms with Gasteiger partial charge >= 0.3 is 7.05 Å². The highest BCUT2D eigenvalue weighted by atomic mass is 32.2. The van der Waals surface area contributed by atoms with E-state index in [0.29, 0.717) is 5.69 Å². The number of nitrogens with zero attached hydrogens (tertiary/aromatic N) is 6. The van der Waals surface area contributed by atoms with E-state index in [9.17, 15) is 18.5 Å². The summed E-state index contributed by atoms with van der Waals surface area (Å²) in [5, 5.41) is 24.9. The van der Waals surface area contributed by atoms with Crippen molar-refractivity contribution in [1.82, 2.24) is 23.9 Å². The zero-order valence-corrected chi connectivity index (χ0v) is 22.6. The molecule has 1 unspecified atom stereocenters. The van der Waals surface area contributed by atoms with Gasteiger partial charge in [-0.05, 0) is 50.1 Å². The molecule has 3 N–H and O–H groups in total. The third kappa shape index (κ3) is 4.76. The lowest BCUT2D eigenvalue weighted by atomic mass is 9.84. The number of aryl methyl sites for hydroxylation is 1. The molecule has 0 fully saturated rings. The number of hydrogen-bond donors (Lipinski definition) is 3. The number of anilines is 3. The zero-order chi connectivity index (χ0) is 28.6. The quantitative estimate of drug-likeness (QED) is 0.191. The highest BCUT2D eigenvalue weighted by Crippen LogP contribution is 2.36. The summed E-state index contributed by atoms with van der Waals surface area (Å²) in [5.41, 5.74) is 1.12. The van der Waals surface area contributed by atoms with Gasteiger partial charge in [0, 0.05) is 36.3 Å². The van der Waals surface area contributed by atoms with E-state index >= 15 is 4.39 Å². The Hall–Kier alpha value is -4.40. The van der Waals surface area contributed by atoms with Gasteiger partial charge in [-0.15, -0.1) is 0 Å². The average Bonchev–Trinajstić information content (AvgIpc) is 3.35. The van der Waals surface area contributed by atoms with Gasteiger partial charge in [0.25, 0.3) is 10.0 Å². The molecular weight excluding hydrogens is 536 g/mol. The smallest absolute Gasteiger partial charge is 0.415 e. The van der Waals surface area contributed by atoms with Crippen LogP contribution in [0.15, 0.2) is 78.2 Å². The third-order valence-corrected chi connectivity index (χ3v) is 8.03. The van der Waals surface area contributed by atoms with Crippen molar-refractivity contribution in [3.05, 3.63) is 96.1 Å². The number of benzene rings is 1. The van der Waals surface area contributed by atoms with Crippen LogP contribution in [0.25, 0.3) is 11.0 Å². The molecular formula is C26H25BFN7O4S. The second kappa shape index (κ2) is 10.6. The molecule has 1 atom stereocenters. The van der Waals surface area contributed by atoms with Crippen LogP contribution in [0.4, 0.5) is 21.7 Å². The minimum atomic E-state index is -4.12. The van der Waals surface area contributed by atoms with Crippen LogP contribution in [0.2, 0.25) is 6.82 Å². The van der Waals surface area contributed by atoms with E-state index in [4.69, 9.17) is 0 Å². The maximum atomic E-state index is 15.5. The van der Waals surface area contributed by atoms with E-state index in [1.54, 1.807) is 37.4 Å². The van der Waals surface area contributed by atoms with Gasteiger partial charge < -0.3 is 20.3 Å². The normalized spacial score (nSPS) is 12.3. The van der Waals surface area contributed by atoms with E-state index in [2.05, 4.69) is 25.3 Å². The van der Waals surface area contributed by atoms with Crippen molar-refractivity contribution in [2.75, 3.05) is 17.2 Å². The van der Waals surface area contributed by atoms with Crippen LogP contribution in [0, 0.1) is 12.9 Å². The second-order valence-corrected chi connectivity index (χ2v) is 10.8. The summed E-state index contributed by atoms with van der Waals surface area (Å²) < 4.78 is 43.5. The van der Waals surface area contributed by atoms with Gasteiger partial charge in [0.05, 0.1) is 16.0 Å². The molecule has 11 nitrogen and oxygen atoms in total. The van der Waals surface area contributed by atoms with Gasteiger partial charge in [0.15, 0.2) is 5.65 Å². The number of fused-ring (bicyclic) bond motifs is 1. The summed E-state index contributed by atoms with van der Waals surface area (Å²) in [4.78, 5) is 18.0. The van der Waals surface area contributed by atoms with Gasteiger partial charge in [0.2, 0.25) is 5.95 Å². The molecule has 5 rings (SSSR count). The minimum Gasteiger partial charge on any atom is -0.432 e. The second-order valence-electron chi connectivity index (χ2n) is 8.98. The number of nitrogens with one attached hydrogen (secondary N) is 1. The molecule has 5 aromatic rings. The van der Waals surface area contributed by atoms with Gasteiger partial charge in [-0.3, -0.25) is 4.98 Å². The van der Waals surface area contributed by atoms with Crippen LogP contribution in [0.1, 0.15) is 22.9 Å². The highest BCUT2D eigenvalue weighted by Gasteiger charge is 2.30. The molecule has 14 heteroatoms. The summed E-state index contributed by atoms with van der Waals surface area (Å²) in [6.07, 6.45) is 2.31. The maximum Gasteiger partial charge on any atom is 0.415 e. The zero-order valence-electron chi connectivity index (χ0n) is 21.8. The molecule has 1 aromatic carbocycles. The predicted octanol–water partition coefficient (Wildman–Crippen LogP) is 3.28. The number of hydrogen-bond acceptors (Lipinski definition) is 10. The molecule has 0 bridgehead atoms. The van der Waals surface area contributed by atoms with Crippen molar-refractivity contribution in [2.24, 2.45) is 0 Å². The predicted molar refractivity (Wildman–Crippen MR) is 149 cm³/mol. The first-order valence-corrected chi connectivity index (χ1v) is 13.7. The first-order valence-electron chi connectivity index (χ1n) is 12.2. The fraction of sp³-hybridized carbons (Fsp3) is 0.154. The summed E-state index contributed by atoms with van der Waals surface area (Å²) in [7, 11) is -3.60. The molecule has 0 radical (unpaired) electrons. The molecule has 4 aromatic heterocycles. The van der Waals surface area contributed by atoms with Crippen LogP contribution in [-0.2, 0) is 10.0 Å². The fourth-order valence-corrected chi connectivity index (χ4v) is 5.78. The van der Waals surface area contributed by atoms with Crippen LogP contribution < -0.4 is 10.1 Å². The monoisotopic (exact) mass is 561 g/mol. The van der Waals surface area contributed by atoms with Crippen molar-refractivity contribution in [1.29, 1.82) is 0 Å². The fourth-order valence-electron chi connectivity index (χ4n) is 4.43. The molecule has 0 saturated carbocycles. The Balaban J connectivity index is 1.62. The van der Waals surface area contributed by atoms with Crippen LogP contribution in [0.3, 0.4) is 0 Å². The van der Waals surface area contributed by atoms with Crippen molar-refractivity contribution >= 4 is 45.4 Å². The standard InChI is InChI=1S/C26H25BFN7O4S/c1-16-9-10-17(13-30-16)35(27(2)37)21-12-11-19(24(28)33-21)23(36)20-14-34(26-22(20)25(29-3)31-15-32-26)40(38,39)18-7-5-4-6-8-18/h4-15,23,36-37H,1-3H3,(H,29,31,32). The van der Waals surface area contributed by atoms with Gasteiger partial charge in [-0.1, -0.05) is 18.2 Å². The van der Waals surface area contributed by atoms with Gasteiger partial charge in [-0.25, -0.2) is 27.3 Å². The Labute approximate surface area is 230 Å². The van der Waals surface area contributed by atoms with E-state index < -0.39 is 29.1 Å². The van der Waals surface area contributed by atoms with Crippen molar-refractivity contribution in [3.63, 3.8) is 0 Å². The number of rotatable bonds is 8. The SMILES string of the molecule is CNc1ncnc2c1c(C(O)c1ccc(N(B(C)O)c3ccc(C)nc3)nc1F)cn2S(=O)(=O)c1ccccc1. The lowest BCUT2D eigenvalue weighted by Gasteiger charge is -2.25. The van der Waals surface area contributed by atoms with Crippen LogP contribution in [0.5, 0.6) is 0 Å². The number of aliphatic hydroxyl groups excluding tert-OH is 1. The summed E-state index contributed by atoms with van der Waals surface area (Å²) >= 11 is 0. The molecule has 0 spiro atoms. The molecule has 0 aliphatic carbocycles. The Morgan fingerprint density at radius 3 is 2.42 bits per heavy atom. The summed E-state index contributed by atoms with van der Waals surface area (Å²) in [6, 6.07) is 14.0. The number of pyridine rings is 2.